The van der Waals surface area contributed by atoms with E-state index in [1.54, 1.807) is 0 Å². The van der Waals surface area contributed by atoms with E-state index in [4.69, 9.17) is 4.74 Å². The normalized spacial score (nSPS) is 57.0. The summed E-state index contributed by atoms with van der Waals surface area (Å²) in [4.78, 5) is 0. The standard InChI is InChI=1S/C5H8NO/c1-5-3-2-4(6-5)7-5/h4,6H,1-3H2/t4?,5-/m1/s1. The zero-order valence-corrected chi connectivity index (χ0v) is 4.11. The lowest BCUT2D eigenvalue weighted by atomic mass is 10.2. The highest BCUT2D eigenvalue weighted by Crippen LogP contribution is 2.35. The summed E-state index contributed by atoms with van der Waals surface area (Å²) in [6.07, 6.45) is 2.57. The first-order valence-electron chi connectivity index (χ1n) is 2.59. The van der Waals surface area contributed by atoms with Crippen molar-refractivity contribution in [1.82, 2.24) is 5.32 Å². The van der Waals surface area contributed by atoms with Gasteiger partial charge in [0.1, 0.15) is 12.0 Å². The molecule has 2 atom stereocenters. The summed E-state index contributed by atoms with van der Waals surface area (Å²) in [5.74, 6) is 0. The van der Waals surface area contributed by atoms with E-state index in [2.05, 4.69) is 12.2 Å². The van der Waals surface area contributed by atoms with Crippen molar-refractivity contribution in [2.45, 2.75) is 24.8 Å². The summed E-state index contributed by atoms with van der Waals surface area (Å²) in [5.41, 5.74) is -0.162. The molecule has 0 saturated carbocycles. The summed E-state index contributed by atoms with van der Waals surface area (Å²) in [6, 6.07) is 0. The first kappa shape index (κ1) is 3.87. The lowest BCUT2D eigenvalue weighted by Gasteiger charge is -2.36. The molecule has 2 heteroatoms. The predicted molar refractivity (Wildman–Crippen MR) is 25.3 cm³/mol. The molecule has 0 aromatic rings. The molecule has 7 heavy (non-hydrogen) atoms. The fourth-order valence-corrected chi connectivity index (χ4v) is 1.20. The van der Waals surface area contributed by atoms with Crippen LogP contribution in [0.4, 0.5) is 0 Å². The Bertz CT molecular complexity index is 90.7. The molecular weight excluding hydrogens is 90.1 g/mol. The number of hydrogen-bond acceptors (Lipinski definition) is 2. The summed E-state index contributed by atoms with van der Waals surface area (Å²) >= 11 is 0. The minimum atomic E-state index is -0.162. The molecule has 0 aromatic carbocycles. The highest BCUT2D eigenvalue weighted by atomic mass is 16.6. The van der Waals surface area contributed by atoms with Gasteiger partial charge in [-0.2, -0.15) is 0 Å². The van der Waals surface area contributed by atoms with Crippen LogP contribution in [0.2, 0.25) is 0 Å². The van der Waals surface area contributed by atoms with Crippen LogP contribution in [-0.4, -0.2) is 12.0 Å². The van der Waals surface area contributed by atoms with Gasteiger partial charge in [-0.25, -0.2) is 0 Å². The fourth-order valence-electron chi connectivity index (χ4n) is 1.20. The van der Waals surface area contributed by atoms with Crippen LogP contribution in [0.15, 0.2) is 0 Å². The minimum Gasteiger partial charge on any atom is -0.342 e. The van der Waals surface area contributed by atoms with E-state index in [-0.39, 0.29) is 5.72 Å². The lowest BCUT2D eigenvalue weighted by molar-refractivity contribution is -0.160. The fraction of sp³-hybridized carbons (Fsp3) is 0.800. The molecule has 39 valence electrons. The van der Waals surface area contributed by atoms with Gasteiger partial charge in [0, 0.05) is 0 Å². The van der Waals surface area contributed by atoms with E-state index in [9.17, 15) is 0 Å². The molecule has 0 amide bonds. The Balaban J connectivity index is 2.20. The van der Waals surface area contributed by atoms with Gasteiger partial charge in [0.25, 0.3) is 0 Å². The molecule has 2 bridgehead atoms. The van der Waals surface area contributed by atoms with Crippen molar-refractivity contribution in [1.29, 1.82) is 0 Å². The minimum absolute atomic E-state index is 0.162. The van der Waals surface area contributed by atoms with Crippen molar-refractivity contribution < 1.29 is 4.74 Å². The van der Waals surface area contributed by atoms with E-state index >= 15 is 0 Å². The van der Waals surface area contributed by atoms with E-state index in [1.165, 1.54) is 0 Å². The maximum atomic E-state index is 5.22. The Hall–Kier alpha value is -0.0800. The molecule has 0 aliphatic carbocycles. The average Bonchev–Trinajstić information content (AvgIpc) is 1.88. The molecule has 0 spiro atoms. The highest BCUT2D eigenvalue weighted by molar-refractivity contribution is 4.98. The van der Waals surface area contributed by atoms with Crippen molar-refractivity contribution in [3.8, 4) is 0 Å². The second kappa shape index (κ2) is 0.858. The molecular formula is C5H8NO. The third kappa shape index (κ3) is 0.359. The largest absolute Gasteiger partial charge is 0.342 e. The highest BCUT2D eigenvalue weighted by Gasteiger charge is 2.47. The zero-order chi connectivity index (χ0) is 4.91. The van der Waals surface area contributed by atoms with Crippen molar-refractivity contribution >= 4 is 0 Å². The molecule has 1 N–H and O–H groups in total. The monoisotopic (exact) mass is 98.1 g/mol. The maximum Gasteiger partial charge on any atom is 0.123 e. The third-order valence-corrected chi connectivity index (χ3v) is 1.60. The van der Waals surface area contributed by atoms with Crippen molar-refractivity contribution in [3.63, 3.8) is 0 Å². The van der Waals surface area contributed by atoms with Crippen LogP contribution in [0.5, 0.6) is 0 Å². The van der Waals surface area contributed by atoms with Crippen molar-refractivity contribution in [2.24, 2.45) is 0 Å². The number of rotatable bonds is 0. The molecule has 3 rings (SSSR count). The second-order valence-electron chi connectivity index (χ2n) is 2.28. The Morgan fingerprint density at radius 3 is 2.71 bits per heavy atom. The SMILES string of the molecule is [CH2][C@@]12CCC(N1)O2. The van der Waals surface area contributed by atoms with Crippen molar-refractivity contribution in [2.75, 3.05) is 0 Å². The Labute approximate surface area is 42.9 Å². The van der Waals surface area contributed by atoms with E-state index in [1.807, 2.05) is 0 Å². The van der Waals surface area contributed by atoms with E-state index in [0.29, 0.717) is 6.23 Å². The first-order chi connectivity index (χ1) is 3.29. The Morgan fingerprint density at radius 2 is 2.57 bits per heavy atom. The van der Waals surface area contributed by atoms with Gasteiger partial charge >= 0.3 is 0 Å². The third-order valence-electron chi connectivity index (χ3n) is 1.60. The smallest absolute Gasteiger partial charge is 0.123 e. The molecule has 2 nitrogen and oxygen atoms in total. The van der Waals surface area contributed by atoms with Crippen LogP contribution >= 0.6 is 0 Å². The van der Waals surface area contributed by atoms with Crippen LogP contribution in [0.1, 0.15) is 12.8 Å². The summed E-state index contributed by atoms with van der Waals surface area (Å²) in [5, 5.41) is 3.16. The van der Waals surface area contributed by atoms with Crippen LogP contribution in [0.25, 0.3) is 0 Å². The van der Waals surface area contributed by atoms with Crippen molar-refractivity contribution in [3.05, 3.63) is 6.92 Å². The number of ether oxygens (including phenoxy) is 1. The molecule has 3 aliphatic rings. The van der Waals surface area contributed by atoms with Gasteiger partial charge in [0.05, 0.1) is 0 Å². The summed E-state index contributed by atoms with van der Waals surface area (Å²) in [6.45, 7) is 3.80. The second-order valence-corrected chi connectivity index (χ2v) is 2.28. The number of nitrogens with one attached hydrogen (secondary N) is 1. The topological polar surface area (TPSA) is 21.3 Å². The van der Waals surface area contributed by atoms with Gasteiger partial charge in [-0.3, -0.25) is 5.32 Å². The summed E-state index contributed by atoms with van der Waals surface area (Å²) in [7, 11) is 0. The van der Waals surface area contributed by atoms with Gasteiger partial charge < -0.3 is 4.74 Å². The van der Waals surface area contributed by atoms with Gasteiger partial charge in [0.2, 0.25) is 0 Å². The van der Waals surface area contributed by atoms with Gasteiger partial charge in [0.15, 0.2) is 0 Å². The molecule has 1 unspecified atom stereocenters. The number of fused-ring (bicyclic) bond motifs is 1. The molecule has 3 fully saturated rings. The molecule has 3 saturated heterocycles. The van der Waals surface area contributed by atoms with Gasteiger partial charge in [-0.1, -0.05) is 0 Å². The molecule has 3 heterocycles. The Morgan fingerprint density at radius 1 is 1.86 bits per heavy atom. The maximum absolute atomic E-state index is 5.22. The molecule has 1 radical (unpaired) electrons. The Kier molecular flexibility index (Phi) is 0.474. The zero-order valence-electron chi connectivity index (χ0n) is 4.11. The van der Waals surface area contributed by atoms with Gasteiger partial charge in [-0.05, 0) is 19.8 Å². The molecule has 0 aromatic heterocycles. The lowest BCUT2D eigenvalue weighted by Crippen LogP contribution is -2.56. The quantitative estimate of drug-likeness (QED) is 0.469. The number of hydrogen-bond donors (Lipinski definition) is 1. The van der Waals surface area contributed by atoms with Gasteiger partial charge in [-0.15, -0.1) is 0 Å². The van der Waals surface area contributed by atoms with E-state index in [0.717, 1.165) is 12.8 Å². The molecule has 3 aliphatic heterocycles. The summed E-state index contributed by atoms with van der Waals surface area (Å²) < 4.78 is 5.22. The van der Waals surface area contributed by atoms with Crippen LogP contribution in [-0.2, 0) is 4.74 Å². The van der Waals surface area contributed by atoms with Crippen LogP contribution in [0.3, 0.4) is 0 Å². The van der Waals surface area contributed by atoms with Crippen LogP contribution < -0.4 is 5.32 Å². The predicted octanol–water partition coefficient (Wildman–Crippen LogP) is 0.256. The average molecular weight is 98.1 g/mol. The first-order valence-corrected chi connectivity index (χ1v) is 2.59. The van der Waals surface area contributed by atoms with E-state index < -0.39 is 0 Å². The van der Waals surface area contributed by atoms with Crippen LogP contribution in [0, 0.1) is 6.92 Å².